The van der Waals surface area contributed by atoms with Gasteiger partial charge in [0.25, 0.3) is 0 Å². The van der Waals surface area contributed by atoms with Gasteiger partial charge in [-0.3, -0.25) is 4.98 Å². The van der Waals surface area contributed by atoms with E-state index < -0.39 is 0 Å². The fourth-order valence-corrected chi connectivity index (χ4v) is 1.16. The molecule has 1 aromatic rings. The molecule has 0 unspecified atom stereocenters. The Morgan fingerprint density at radius 2 is 2.15 bits per heavy atom. The van der Waals surface area contributed by atoms with Crippen molar-refractivity contribution < 1.29 is 0 Å². The molecule has 0 radical (unpaired) electrons. The minimum absolute atomic E-state index is 0.399. The number of aromatic nitrogens is 1. The van der Waals surface area contributed by atoms with E-state index in [1.54, 1.807) is 6.20 Å². The van der Waals surface area contributed by atoms with Crippen LogP contribution < -0.4 is 5.32 Å². The van der Waals surface area contributed by atoms with Crippen LogP contribution in [0.3, 0.4) is 0 Å². The monoisotopic (exact) mass is 178 g/mol. The number of nitrogens with zero attached hydrogens (tertiary/aromatic N) is 1. The van der Waals surface area contributed by atoms with Gasteiger partial charge in [-0.2, -0.15) is 0 Å². The molecule has 0 aliphatic carbocycles. The van der Waals surface area contributed by atoms with E-state index in [9.17, 15) is 0 Å². The van der Waals surface area contributed by atoms with Crippen molar-refractivity contribution >= 4 is 0 Å². The molecule has 0 saturated heterocycles. The first-order chi connectivity index (χ1) is 6.20. The quantitative estimate of drug-likeness (QED) is 0.765. The van der Waals surface area contributed by atoms with E-state index >= 15 is 0 Å². The highest BCUT2D eigenvalue weighted by atomic mass is 14.9. The number of nitrogens with one attached hydrogen (secondary N) is 1. The summed E-state index contributed by atoms with van der Waals surface area (Å²) in [5, 5.41) is 3.46. The van der Waals surface area contributed by atoms with Crippen LogP contribution in [0.4, 0.5) is 0 Å². The van der Waals surface area contributed by atoms with Gasteiger partial charge in [-0.1, -0.05) is 19.9 Å². The van der Waals surface area contributed by atoms with Crippen molar-refractivity contribution in [3.05, 3.63) is 30.1 Å². The second kappa shape index (κ2) is 4.97. The van der Waals surface area contributed by atoms with E-state index in [0.29, 0.717) is 12.0 Å². The van der Waals surface area contributed by atoms with Gasteiger partial charge in [0.1, 0.15) is 0 Å². The van der Waals surface area contributed by atoms with Gasteiger partial charge >= 0.3 is 0 Å². The first-order valence-corrected chi connectivity index (χ1v) is 4.83. The number of hydrogen-bond donors (Lipinski definition) is 1. The molecule has 1 atom stereocenters. The summed E-state index contributed by atoms with van der Waals surface area (Å²) >= 11 is 0. The van der Waals surface area contributed by atoms with Gasteiger partial charge in [0, 0.05) is 18.4 Å². The van der Waals surface area contributed by atoms with Crippen molar-refractivity contribution in [1.82, 2.24) is 10.3 Å². The maximum Gasteiger partial charge on any atom is 0.0315 e. The molecule has 13 heavy (non-hydrogen) atoms. The summed E-state index contributed by atoms with van der Waals surface area (Å²) in [6.07, 6.45) is 3.72. The van der Waals surface area contributed by atoms with Crippen LogP contribution in [0.25, 0.3) is 0 Å². The maximum absolute atomic E-state index is 4.09. The van der Waals surface area contributed by atoms with Crippen LogP contribution >= 0.6 is 0 Å². The van der Waals surface area contributed by atoms with E-state index in [1.165, 1.54) is 5.56 Å². The molecule has 72 valence electrons. The van der Waals surface area contributed by atoms with Crippen LogP contribution in [-0.2, 0) is 0 Å². The van der Waals surface area contributed by atoms with Crippen LogP contribution in [0, 0.1) is 5.92 Å². The van der Waals surface area contributed by atoms with Gasteiger partial charge in [0.05, 0.1) is 0 Å². The Kier molecular flexibility index (Phi) is 3.90. The highest BCUT2D eigenvalue weighted by Crippen LogP contribution is 2.09. The van der Waals surface area contributed by atoms with Crippen molar-refractivity contribution in [2.24, 2.45) is 5.92 Å². The molecule has 0 aromatic carbocycles. The highest BCUT2D eigenvalue weighted by molar-refractivity contribution is 5.12. The standard InChI is InChI=1S/C11H18N2/c1-9(2)7-13-10(3)11-5-4-6-12-8-11/h4-6,8-10,13H,7H2,1-3H3/t10-/m1/s1. The lowest BCUT2D eigenvalue weighted by Crippen LogP contribution is -2.23. The van der Waals surface area contributed by atoms with E-state index in [1.807, 2.05) is 12.3 Å². The smallest absolute Gasteiger partial charge is 0.0315 e. The molecule has 2 nitrogen and oxygen atoms in total. The topological polar surface area (TPSA) is 24.9 Å². The van der Waals surface area contributed by atoms with Crippen LogP contribution in [-0.4, -0.2) is 11.5 Å². The summed E-state index contributed by atoms with van der Waals surface area (Å²) in [6, 6.07) is 4.48. The zero-order valence-electron chi connectivity index (χ0n) is 8.62. The lowest BCUT2D eigenvalue weighted by Gasteiger charge is -2.15. The second-order valence-electron chi connectivity index (χ2n) is 3.81. The average Bonchev–Trinajstić information content (AvgIpc) is 2.15. The molecule has 1 N–H and O–H groups in total. The van der Waals surface area contributed by atoms with Crippen LogP contribution in [0.5, 0.6) is 0 Å². The minimum Gasteiger partial charge on any atom is -0.310 e. The van der Waals surface area contributed by atoms with E-state index in [0.717, 1.165) is 6.54 Å². The van der Waals surface area contributed by atoms with Crippen LogP contribution in [0.15, 0.2) is 24.5 Å². The summed E-state index contributed by atoms with van der Waals surface area (Å²) in [5.41, 5.74) is 1.25. The Morgan fingerprint density at radius 1 is 1.38 bits per heavy atom. The normalized spacial score (nSPS) is 13.2. The fraction of sp³-hybridized carbons (Fsp3) is 0.545. The minimum atomic E-state index is 0.399. The van der Waals surface area contributed by atoms with Gasteiger partial charge in [-0.15, -0.1) is 0 Å². The van der Waals surface area contributed by atoms with Crippen molar-refractivity contribution in [3.63, 3.8) is 0 Å². The Balaban J connectivity index is 2.44. The summed E-state index contributed by atoms with van der Waals surface area (Å²) in [4.78, 5) is 4.09. The largest absolute Gasteiger partial charge is 0.310 e. The lowest BCUT2D eigenvalue weighted by atomic mass is 10.1. The molecular formula is C11H18N2. The summed E-state index contributed by atoms with van der Waals surface area (Å²) < 4.78 is 0. The Morgan fingerprint density at radius 3 is 2.69 bits per heavy atom. The van der Waals surface area contributed by atoms with Crippen LogP contribution in [0.1, 0.15) is 32.4 Å². The Bertz CT molecular complexity index is 231. The first-order valence-electron chi connectivity index (χ1n) is 4.83. The van der Waals surface area contributed by atoms with Crippen molar-refractivity contribution in [3.8, 4) is 0 Å². The predicted octanol–water partition coefficient (Wildman–Crippen LogP) is 2.39. The molecule has 2 heteroatoms. The predicted molar refractivity (Wildman–Crippen MR) is 55.5 cm³/mol. The van der Waals surface area contributed by atoms with Gasteiger partial charge in [0.15, 0.2) is 0 Å². The molecule has 1 heterocycles. The van der Waals surface area contributed by atoms with Crippen molar-refractivity contribution in [2.75, 3.05) is 6.54 Å². The zero-order chi connectivity index (χ0) is 9.68. The molecule has 0 fully saturated rings. The van der Waals surface area contributed by atoms with E-state index in [2.05, 4.69) is 37.1 Å². The number of hydrogen-bond acceptors (Lipinski definition) is 2. The maximum atomic E-state index is 4.09. The molecule has 0 aliphatic heterocycles. The van der Waals surface area contributed by atoms with Gasteiger partial charge in [-0.05, 0) is 31.0 Å². The summed E-state index contributed by atoms with van der Waals surface area (Å²) in [7, 11) is 0. The first kappa shape index (κ1) is 10.2. The number of pyridine rings is 1. The Labute approximate surface area is 80.4 Å². The van der Waals surface area contributed by atoms with E-state index in [-0.39, 0.29) is 0 Å². The fourth-order valence-electron chi connectivity index (χ4n) is 1.16. The zero-order valence-corrected chi connectivity index (χ0v) is 8.62. The van der Waals surface area contributed by atoms with Crippen molar-refractivity contribution in [2.45, 2.75) is 26.8 Å². The van der Waals surface area contributed by atoms with E-state index in [4.69, 9.17) is 0 Å². The third kappa shape index (κ3) is 3.55. The molecule has 1 aromatic heterocycles. The van der Waals surface area contributed by atoms with Gasteiger partial charge < -0.3 is 5.32 Å². The summed E-state index contributed by atoms with van der Waals surface area (Å²) in [5.74, 6) is 0.694. The molecule has 0 spiro atoms. The third-order valence-electron chi connectivity index (χ3n) is 2.02. The second-order valence-corrected chi connectivity index (χ2v) is 3.81. The molecule has 1 rings (SSSR count). The highest BCUT2D eigenvalue weighted by Gasteiger charge is 2.04. The van der Waals surface area contributed by atoms with Gasteiger partial charge in [0.2, 0.25) is 0 Å². The average molecular weight is 178 g/mol. The molecular weight excluding hydrogens is 160 g/mol. The molecule has 0 amide bonds. The summed E-state index contributed by atoms with van der Waals surface area (Å²) in [6.45, 7) is 7.64. The molecule has 0 aliphatic rings. The SMILES string of the molecule is CC(C)CN[C@H](C)c1cccnc1. The molecule has 0 bridgehead atoms. The molecule has 0 saturated carbocycles. The van der Waals surface area contributed by atoms with Gasteiger partial charge in [-0.25, -0.2) is 0 Å². The Hall–Kier alpha value is -0.890. The van der Waals surface area contributed by atoms with Crippen molar-refractivity contribution in [1.29, 1.82) is 0 Å². The third-order valence-corrected chi connectivity index (χ3v) is 2.02. The number of rotatable bonds is 4. The van der Waals surface area contributed by atoms with Crippen LogP contribution in [0.2, 0.25) is 0 Å². The lowest BCUT2D eigenvalue weighted by molar-refractivity contribution is 0.495.